The number of hydrogen-bond acceptors (Lipinski definition) is 5. The van der Waals surface area contributed by atoms with Gasteiger partial charge >= 0.3 is 5.97 Å². The van der Waals surface area contributed by atoms with Gasteiger partial charge in [-0.25, -0.2) is 0 Å². The number of aliphatic hydroxyl groups excluding tert-OH is 1. The van der Waals surface area contributed by atoms with Gasteiger partial charge in [0.25, 0.3) is 5.69 Å². The molecule has 1 aromatic carbocycles. The van der Waals surface area contributed by atoms with Crippen molar-refractivity contribution in [3.05, 3.63) is 39.4 Å². The third-order valence-electron chi connectivity index (χ3n) is 2.40. The van der Waals surface area contributed by atoms with E-state index in [0.717, 1.165) is 0 Å². The number of benzene rings is 1. The summed E-state index contributed by atoms with van der Waals surface area (Å²) < 4.78 is 4.41. The lowest BCUT2D eigenvalue weighted by Crippen LogP contribution is -2.08. The quantitative estimate of drug-likeness (QED) is 0.488. The first-order valence-corrected chi connectivity index (χ1v) is 4.95. The van der Waals surface area contributed by atoms with E-state index in [9.17, 15) is 20.0 Å². The van der Waals surface area contributed by atoms with Crippen LogP contribution in [0.15, 0.2) is 18.2 Å². The van der Waals surface area contributed by atoms with Gasteiger partial charge in [0.1, 0.15) is 0 Å². The highest BCUT2D eigenvalue weighted by Crippen LogP contribution is 2.24. The van der Waals surface area contributed by atoms with E-state index in [1.807, 2.05) is 0 Å². The highest BCUT2D eigenvalue weighted by atomic mass is 16.6. The SMILES string of the molecule is COC(=O)CC(O)c1ccc(C)c([N+](=O)[O-])c1. The lowest BCUT2D eigenvalue weighted by Gasteiger charge is -2.09. The van der Waals surface area contributed by atoms with Crippen molar-refractivity contribution in [1.82, 2.24) is 0 Å². The molecule has 0 bridgehead atoms. The van der Waals surface area contributed by atoms with E-state index in [0.29, 0.717) is 11.1 Å². The lowest BCUT2D eigenvalue weighted by molar-refractivity contribution is -0.385. The molecule has 6 nitrogen and oxygen atoms in total. The molecule has 1 atom stereocenters. The molecule has 0 spiro atoms. The van der Waals surface area contributed by atoms with Crippen LogP contribution in [0.2, 0.25) is 0 Å². The number of ether oxygens (including phenoxy) is 1. The molecule has 0 aliphatic heterocycles. The minimum absolute atomic E-state index is 0.0774. The summed E-state index contributed by atoms with van der Waals surface area (Å²) in [5.41, 5.74) is 0.753. The Labute approximate surface area is 98.0 Å². The van der Waals surface area contributed by atoms with Gasteiger partial charge in [0.15, 0.2) is 0 Å². The first-order chi connectivity index (χ1) is 7.95. The minimum Gasteiger partial charge on any atom is -0.469 e. The summed E-state index contributed by atoms with van der Waals surface area (Å²) in [6.45, 7) is 1.61. The number of esters is 1. The number of nitro groups is 1. The zero-order chi connectivity index (χ0) is 13.0. The van der Waals surface area contributed by atoms with Crippen LogP contribution < -0.4 is 0 Å². The highest BCUT2D eigenvalue weighted by molar-refractivity contribution is 5.70. The van der Waals surface area contributed by atoms with E-state index in [1.54, 1.807) is 13.0 Å². The molecule has 0 saturated heterocycles. The Bertz CT molecular complexity index is 443. The molecule has 0 aromatic heterocycles. The number of nitro benzene ring substituents is 1. The fourth-order valence-electron chi connectivity index (χ4n) is 1.39. The fourth-order valence-corrected chi connectivity index (χ4v) is 1.39. The van der Waals surface area contributed by atoms with Crippen LogP contribution in [0.3, 0.4) is 0 Å². The highest BCUT2D eigenvalue weighted by Gasteiger charge is 2.18. The van der Waals surface area contributed by atoms with Crippen molar-refractivity contribution in [2.45, 2.75) is 19.4 Å². The topological polar surface area (TPSA) is 89.7 Å². The first kappa shape index (κ1) is 13.1. The first-order valence-electron chi connectivity index (χ1n) is 4.95. The molecule has 0 saturated carbocycles. The number of carbonyl (C=O) groups is 1. The van der Waals surface area contributed by atoms with Gasteiger partial charge in [-0.1, -0.05) is 12.1 Å². The van der Waals surface area contributed by atoms with Crippen molar-refractivity contribution in [2.75, 3.05) is 7.11 Å². The van der Waals surface area contributed by atoms with Crippen LogP contribution in [-0.4, -0.2) is 23.1 Å². The molecule has 1 unspecified atom stereocenters. The van der Waals surface area contributed by atoms with Gasteiger partial charge in [-0.2, -0.15) is 0 Å². The molecule has 1 aromatic rings. The van der Waals surface area contributed by atoms with E-state index >= 15 is 0 Å². The summed E-state index contributed by atoms with van der Waals surface area (Å²) in [6.07, 6.45) is -1.32. The zero-order valence-corrected chi connectivity index (χ0v) is 9.54. The number of hydrogen-bond donors (Lipinski definition) is 1. The summed E-state index contributed by atoms with van der Waals surface area (Å²) in [6, 6.07) is 4.35. The number of aliphatic hydroxyl groups is 1. The van der Waals surface area contributed by atoms with Crippen LogP contribution in [-0.2, 0) is 9.53 Å². The number of rotatable bonds is 4. The summed E-state index contributed by atoms with van der Waals surface area (Å²) in [7, 11) is 1.21. The maximum absolute atomic E-state index is 11.0. The van der Waals surface area contributed by atoms with Crippen LogP contribution in [0, 0.1) is 17.0 Å². The summed E-state index contributed by atoms with van der Waals surface area (Å²) in [5.74, 6) is -0.569. The molecular formula is C11H13NO5. The van der Waals surface area contributed by atoms with E-state index in [4.69, 9.17) is 0 Å². The molecule has 0 amide bonds. The van der Waals surface area contributed by atoms with Crippen molar-refractivity contribution in [3.63, 3.8) is 0 Å². The molecule has 0 aliphatic rings. The predicted molar refractivity (Wildman–Crippen MR) is 59.4 cm³/mol. The Morgan fingerprint density at radius 3 is 2.76 bits per heavy atom. The monoisotopic (exact) mass is 239 g/mol. The normalized spacial score (nSPS) is 11.9. The van der Waals surface area contributed by atoms with Crippen LogP contribution in [0.4, 0.5) is 5.69 Å². The van der Waals surface area contributed by atoms with Crippen molar-refractivity contribution in [2.24, 2.45) is 0 Å². The molecule has 0 heterocycles. The van der Waals surface area contributed by atoms with E-state index in [1.165, 1.54) is 19.2 Å². The number of aryl methyl sites for hydroxylation is 1. The molecule has 0 fully saturated rings. The van der Waals surface area contributed by atoms with E-state index in [2.05, 4.69) is 4.74 Å². The van der Waals surface area contributed by atoms with Gasteiger partial charge < -0.3 is 9.84 Å². The van der Waals surface area contributed by atoms with Gasteiger partial charge in [0.2, 0.25) is 0 Å². The Kier molecular flexibility index (Phi) is 4.17. The van der Waals surface area contributed by atoms with Gasteiger partial charge in [0, 0.05) is 11.6 Å². The predicted octanol–water partition coefficient (Wildman–Crippen LogP) is 1.50. The van der Waals surface area contributed by atoms with Crippen molar-refractivity contribution < 1.29 is 19.6 Å². The van der Waals surface area contributed by atoms with Crippen LogP contribution in [0.25, 0.3) is 0 Å². The van der Waals surface area contributed by atoms with Crippen LogP contribution >= 0.6 is 0 Å². The van der Waals surface area contributed by atoms with Crippen molar-refractivity contribution >= 4 is 11.7 Å². The number of nitrogens with zero attached hydrogens (tertiary/aromatic N) is 1. The van der Waals surface area contributed by atoms with Gasteiger partial charge in [-0.05, 0) is 12.5 Å². The summed E-state index contributed by atoms with van der Waals surface area (Å²) in [5, 5.41) is 20.4. The van der Waals surface area contributed by atoms with E-state index in [-0.39, 0.29) is 12.1 Å². The smallest absolute Gasteiger partial charge is 0.308 e. The molecule has 17 heavy (non-hydrogen) atoms. The molecule has 6 heteroatoms. The summed E-state index contributed by atoms with van der Waals surface area (Å²) >= 11 is 0. The van der Waals surface area contributed by atoms with Gasteiger partial charge in [0.05, 0.1) is 24.6 Å². The molecule has 0 aliphatic carbocycles. The molecule has 0 radical (unpaired) electrons. The molecule has 1 rings (SSSR count). The lowest BCUT2D eigenvalue weighted by atomic mass is 10.0. The second kappa shape index (κ2) is 5.40. The maximum Gasteiger partial charge on any atom is 0.308 e. The number of carbonyl (C=O) groups excluding carboxylic acids is 1. The average molecular weight is 239 g/mol. The standard InChI is InChI=1S/C11H13NO5/c1-7-3-4-8(5-9(7)12(15)16)10(13)6-11(14)17-2/h3-5,10,13H,6H2,1-2H3. The average Bonchev–Trinajstić information content (AvgIpc) is 2.28. The molecule has 1 N–H and O–H groups in total. The van der Waals surface area contributed by atoms with Crippen molar-refractivity contribution in [1.29, 1.82) is 0 Å². The second-order valence-electron chi connectivity index (χ2n) is 3.60. The van der Waals surface area contributed by atoms with Crippen molar-refractivity contribution in [3.8, 4) is 0 Å². The third kappa shape index (κ3) is 3.25. The number of methoxy groups -OCH3 is 1. The zero-order valence-electron chi connectivity index (χ0n) is 9.54. The fraction of sp³-hybridized carbons (Fsp3) is 0.364. The molecule has 92 valence electrons. The third-order valence-corrected chi connectivity index (χ3v) is 2.40. The van der Waals surface area contributed by atoms with Gasteiger partial charge in [-0.3, -0.25) is 14.9 Å². The summed E-state index contributed by atoms with van der Waals surface area (Å²) in [4.78, 5) is 21.1. The second-order valence-corrected chi connectivity index (χ2v) is 3.60. The Hall–Kier alpha value is -1.95. The van der Waals surface area contributed by atoms with E-state index < -0.39 is 17.0 Å². The Morgan fingerprint density at radius 1 is 1.59 bits per heavy atom. The Morgan fingerprint density at radius 2 is 2.24 bits per heavy atom. The molecular weight excluding hydrogens is 226 g/mol. The minimum atomic E-state index is -1.10. The van der Waals surface area contributed by atoms with Crippen LogP contribution in [0.1, 0.15) is 23.7 Å². The Balaban J connectivity index is 2.95. The largest absolute Gasteiger partial charge is 0.469 e. The van der Waals surface area contributed by atoms with Crippen LogP contribution in [0.5, 0.6) is 0 Å². The maximum atomic E-state index is 11.0. The van der Waals surface area contributed by atoms with Gasteiger partial charge in [-0.15, -0.1) is 0 Å².